The fourth-order valence-corrected chi connectivity index (χ4v) is 2.75. The number of halogens is 1. The maximum absolute atomic E-state index is 12.0. The number of hydrogen-bond acceptors (Lipinski definition) is 3. The van der Waals surface area contributed by atoms with Gasteiger partial charge in [0.2, 0.25) is 5.91 Å². The van der Waals surface area contributed by atoms with Gasteiger partial charge in [-0.2, -0.15) is 0 Å². The Balaban J connectivity index is 1.98. The molecule has 4 nitrogen and oxygen atoms in total. The van der Waals surface area contributed by atoms with Gasteiger partial charge in [-0.3, -0.25) is 4.79 Å². The molecule has 0 atom stereocenters. The summed E-state index contributed by atoms with van der Waals surface area (Å²) in [5, 5.41) is 3.21. The van der Waals surface area contributed by atoms with E-state index in [9.17, 15) is 4.79 Å². The molecule has 0 bridgehead atoms. The zero-order valence-corrected chi connectivity index (χ0v) is 12.7. The van der Waals surface area contributed by atoms with Crippen molar-refractivity contribution in [3.8, 4) is 0 Å². The molecule has 5 heteroatoms. The Hall–Kier alpha value is -1.07. The summed E-state index contributed by atoms with van der Waals surface area (Å²) in [6, 6.07) is 5.89. The topological polar surface area (TPSA) is 41.6 Å². The molecule has 1 aromatic carbocycles. The van der Waals surface area contributed by atoms with Crippen LogP contribution in [0.2, 0.25) is 0 Å². The summed E-state index contributed by atoms with van der Waals surface area (Å²) in [4.78, 5) is 13.9. The second-order valence-corrected chi connectivity index (χ2v) is 5.49. The highest BCUT2D eigenvalue weighted by Gasteiger charge is 2.17. The lowest BCUT2D eigenvalue weighted by Crippen LogP contribution is -2.33. The Bertz CT molecular complexity index is 445. The van der Waals surface area contributed by atoms with Crippen LogP contribution in [0.15, 0.2) is 22.7 Å². The third kappa shape index (κ3) is 3.70. The van der Waals surface area contributed by atoms with E-state index in [-0.39, 0.29) is 5.91 Å². The Morgan fingerprint density at radius 1 is 1.42 bits per heavy atom. The zero-order chi connectivity index (χ0) is 13.7. The van der Waals surface area contributed by atoms with Gasteiger partial charge >= 0.3 is 0 Å². The fourth-order valence-electron chi connectivity index (χ4n) is 2.26. The predicted octanol–water partition coefficient (Wildman–Crippen LogP) is 2.63. The molecule has 0 aromatic heterocycles. The van der Waals surface area contributed by atoms with Gasteiger partial charge in [-0.05, 0) is 25.0 Å². The normalized spacial score (nSPS) is 14.7. The monoisotopic (exact) mass is 326 g/mol. The van der Waals surface area contributed by atoms with Gasteiger partial charge in [0.1, 0.15) is 0 Å². The number of carbonyl (C=O) groups is 1. The van der Waals surface area contributed by atoms with Crippen LogP contribution in [-0.4, -0.2) is 37.6 Å². The molecule has 1 saturated heterocycles. The first-order valence-electron chi connectivity index (χ1n) is 6.50. The summed E-state index contributed by atoms with van der Waals surface area (Å²) in [6.45, 7) is 2.64. The van der Waals surface area contributed by atoms with Gasteiger partial charge in [0.15, 0.2) is 0 Å². The number of nitrogens with zero attached hydrogens (tertiary/aromatic N) is 1. The van der Waals surface area contributed by atoms with Crippen LogP contribution in [0.4, 0.5) is 5.69 Å². The van der Waals surface area contributed by atoms with Gasteiger partial charge in [0.25, 0.3) is 0 Å². The second kappa shape index (κ2) is 6.91. The summed E-state index contributed by atoms with van der Waals surface area (Å²) in [5.41, 5.74) is 1.99. The zero-order valence-electron chi connectivity index (χ0n) is 11.1. The number of methoxy groups -OCH3 is 1. The predicted molar refractivity (Wildman–Crippen MR) is 79.2 cm³/mol. The van der Waals surface area contributed by atoms with Crippen molar-refractivity contribution in [2.24, 2.45) is 0 Å². The first-order valence-corrected chi connectivity index (χ1v) is 7.29. The Morgan fingerprint density at radius 2 is 2.16 bits per heavy atom. The van der Waals surface area contributed by atoms with E-state index in [1.54, 1.807) is 7.11 Å². The van der Waals surface area contributed by atoms with Crippen molar-refractivity contribution in [1.82, 2.24) is 4.90 Å². The summed E-state index contributed by atoms with van der Waals surface area (Å²) in [6.07, 6.45) is 2.25. The number of amides is 1. The molecule has 19 heavy (non-hydrogen) atoms. The molecule has 0 saturated carbocycles. The molecule has 0 radical (unpaired) electrons. The van der Waals surface area contributed by atoms with E-state index < -0.39 is 0 Å². The van der Waals surface area contributed by atoms with E-state index in [1.165, 1.54) is 0 Å². The highest BCUT2D eigenvalue weighted by Crippen LogP contribution is 2.25. The Labute approximate surface area is 122 Å². The lowest BCUT2D eigenvalue weighted by Gasteiger charge is -2.17. The molecular formula is C14H19BrN2O2. The molecule has 0 aliphatic carbocycles. The SMILES string of the molecule is COCc1c(Br)cccc1NCC(=O)N1CCCC1. The number of carbonyl (C=O) groups excluding carboxylic acids is 1. The van der Waals surface area contributed by atoms with Crippen LogP contribution in [0, 0.1) is 0 Å². The van der Waals surface area contributed by atoms with Crippen molar-refractivity contribution in [1.29, 1.82) is 0 Å². The van der Waals surface area contributed by atoms with Gasteiger partial charge in [-0.15, -0.1) is 0 Å². The summed E-state index contributed by atoms with van der Waals surface area (Å²) >= 11 is 3.51. The third-order valence-electron chi connectivity index (χ3n) is 3.30. The van der Waals surface area contributed by atoms with E-state index >= 15 is 0 Å². The minimum atomic E-state index is 0.167. The van der Waals surface area contributed by atoms with Crippen molar-refractivity contribution in [3.63, 3.8) is 0 Å². The molecule has 1 heterocycles. The first kappa shape index (κ1) is 14.3. The van der Waals surface area contributed by atoms with Crippen molar-refractivity contribution in [3.05, 3.63) is 28.2 Å². The highest BCUT2D eigenvalue weighted by molar-refractivity contribution is 9.10. The first-order chi connectivity index (χ1) is 9.22. The quantitative estimate of drug-likeness (QED) is 0.904. The largest absolute Gasteiger partial charge is 0.380 e. The lowest BCUT2D eigenvalue weighted by atomic mass is 10.2. The number of rotatable bonds is 5. The van der Waals surface area contributed by atoms with E-state index in [4.69, 9.17) is 4.74 Å². The van der Waals surface area contributed by atoms with Gasteiger partial charge < -0.3 is 15.0 Å². The Morgan fingerprint density at radius 3 is 2.84 bits per heavy atom. The number of anilines is 1. The summed E-state index contributed by atoms with van der Waals surface area (Å²) in [5.74, 6) is 0.167. The highest BCUT2D eigenvalue weighted by atomic mass is 79.9. The van der Waals surface area contributed by atoms with Crippen LogP contribution < -0.4 is 5.32 Å². The number of nitrogens with one attached hydrogen (secondary N) is 1. The summed E-state index contributed by atoms with van der Waals surface area (Å²) < 4.78 is 6.18. The van der Waals surface area contributed by atoms with Crippen LogP contribution in [0.3, 0.4) is 0 Å². The molecule has 1 fully saturated rings. The number of ether oxygens (including phenoxy) is 1. The van der Waals surface area contributed by atoms with Gasteiger partial charge in [0.05, 0.1) is 13.2 Å². The van der Waals surface area contributed by atoms with Gasteiger partial charge in [0, 0.05) is 35.9 Å². The molecule has 1 aliphatic heterocycles. The molecular weight excluding hydrogens is 308 g/mol. The standard InChI is InChI=1S/C14H19BrN2O2/c1-19-10-11-12(15)5-4-6-13(11)16-9-14(18)17-7-2-3-8-17/h4-6,16H,2-3,7-10H2,1H3. The smallest absolute Gasteiger partial charge is 0.241 e. The number of benzene rings is 1. The van der Waals surface area contributed by atoms with Crippen LogP contribution in [0.5, 0.6) is 0 Å². The molecule has 0 unspecified atom stereocenters. The molecule has 1 amide bonds. The van der Waals surface area contributed by atoms with E-state index in [2.05, 4.69) is 21.2 Å². The maximum atomic E-state index is 12.0. The molecule has 1 aromatic rings. The van der Waals surface area contributed by atoms with E-state index in [0.29, 0.717) is 13.2 Å². The fraction of sp³-hybridized carbons (Fsp3) is 0.500. The van der Waals surface area contributed by atoms with Crippen molar-refractivity contribution >= 4 is 27.5 Å². The molecule has 0 spiro atoms. The van der Waals surface area contributed by atoms with Crippen LogP contribution in [-0.2, 0) is 16.1 Å². The van der Waals surface area contributed by atoms with Crippen LogP contribution in [0.25, 0.3) is 0 Å². The average molecular weight is 327 g/mol. The average Bonchev–Trinajstić information content (AvgIpc) is 2.93. The minimum absolute atomic E-state index is 0.167. The Kier molecular flexibility index (Phi) is 5.22. The minimum Gasteiger partial charge on any atom is -0.380 e. The van der Waals surface area contributed by atoms with Gasteiger partial charge in [-0.25, -0.2) is 0 Å². The van der Waals surface area contributed by atoms with Crippen LogP contribution in [0.1, 0.15) is 18.4 Å². The van der Waals surface area contributed by atoms with Crippen molar-refractivity contribution < 1.29 is 9.53 Å². The van der Waals surface area contributed by atoms with E-state index in [1.807, 2.05) is 23.1 Å². The lowest BCUT2D eigenvalue weighted by molar-refractivity contribution is -0.128. The second-order valence-electron chi connectivity index (χ2n) is 4.64. The van der Waals surface area contributed by atoms with E-state index in [0.717, 1.165) is 41.7 Å². The molecule has 1 N–H and O–H groups in total. The van der Waals surface area contributed by atoms with Gasteiger partial charge in [-0.1, -0.05) is 22.0 Å². The summed E-state index contributed by atoms with van der Waals surface area (Å²) in [7, 11) is 1.67. The maximum Gasteiger partial charge on any atom is 0.241 e. The number of likely N-dealkylation sites (tertiary alicyclic amines) is 1. The molecule has 1 aliphatic rings. The molecule has 104 valence electrons. The molecule has 2 rings (SSSR count). The van der Waals surface area contributed by atoms with Crippen molar-refractivity contribution in [2.75, 3.05) is 32.1 Å². The van der Waals surface area contributed by atoms with Crippen molar-refractivity contribution in [2.45, 2.75) is 19.4 Å². The number of hydrogen-bond donors (Lipinski definition) is 1. The van der Waals surface area contributed by atoms with Crippen LogP contribution >= 0.6 is 15.9 Å². The third-order valence-corrected chi connectivity index (χ3v) is 4.04.